The van der Waals surface area contributed by atoms with Crippen LogP contribution in [0.5, 0.6) is 0 Å². The predicted molar refractivity (Wildman–Crippen MR) is 125 cm³/mol. The van der Waals surface area contributed by atoms with Gasteiger partial charge in [-0.2, -0.15) is 0 Å². The summed E-state index contributed by atoms with van der Waals surface area (Å²) in [6, 6.07) is 5.57. The number of hydrogen-bond donors (Lipinski definition) is 3. The van der Waals surface area contributed by atoms with E-state index in [1.807, 2.05) is 0 Å². The van der Waals surface area contributed by atoms with Crippen molar-refractivity contribution in [1.29, 1.82) is 0 Å². The van der Waals surface area contributed by atoms with Crippen molar-refractivity contribution in [1.82, 2.24) is 19.9 Å². The number of aliphatic hydroxyl groups is 2. The summed E-state index contributed by atoms with van der Waals surface area (Å²) in [5, 5.41) is 22.8. The summed E-state index contributed by atoms with van der Waals surface area (Å²) in [5.74, 6) is -0.888. The molecule has 4 rings (SSSR count). The number of benzene rings is 1. The van der Waals surface area contributed by atoms with Crippen molar-refractivity contribution >= 4 is 28.3 Å². The molecule has 0 saturated carbocycles. The van der Waals surface area contributed by atoms with E-state index in [0.717, 1.165) is 0 Å². The maximum Gasteiger partial charge on any atom is 0.159 e. The van der Waals surface area contributed by atoms with E-state index in [4.69, 9.17) is 11.6 Å². The van der Waals surface area contributed by atoms with Crippen LogP contribution in [0.15, 0.2) is 36.7 Å². The van der Waals surface area contributed by atoms with Crippen molar-refractivity contribution in [2.45, 2.75) is 39.5 Å². The van der Waals surface area contributed by atoms with Crippen LogP contribution in [-0.2, 0) is 18.8 Å². The number of anilines is 1. The van der Waals surface area contributed by atoms with E-state index in [9.17, 15) is 19.0 Å². The molecule has 0 fully saturated rings. The van der Waals surface area contributed by atoms with Gasteiger partial charge in [0.15, 0.2) is 11.6 Å². The first-order valence-corrected chi connectivity index (χ1v) is 10.8. The third-order valence-corrected chi connectivity index (χ3v) is 5.70. The molecule has 0 radical (unpaired) electrons. The van der Waals surface area contributed by atoms with Crippen LogP contribution >= 0.6 is 11.6 Å². The molecule has 0 aliphatic rings. The van der Waals surface area contributed by atoms with E-state index >= 15 is 0 Å². The standard InChI is InChI=1S/C24H22ClF2N5O2/c1-12-19(25)22(28-8-14-6-13(11-33)4-5-16(14)26)21-18(31-12)7-17(27)20(32-21)15-9-29-23(30-10-15)24(2,3)34/h4-7,9-10,33-34H,8,11H2,1-3H3,(H,28,31). The van der Waals surface area contributed by atoms with Crippen molar-refractivity contribution in [2.24, 2.45) is 0 Å². The minimum absolute atomic E-state index is 0.0203. The zero-order valence-corrected chi connectivity index (χ0v) is 19.5. The SMILES string of the molecule is Cc1nc2cc(F)c(-c3cnc(C(C)(C)O)nc3)nc2c(NCc2cc(CO)ccc2F)c1Cl. The minimum Gasteiger partial charge on any atom is -0.392 e. The van der Waals surface area contributed by atoms with Gasteiger partial charge in [-0.25, -0.2) is 28.7 Å². The fraction of sp³-hybridized carbons (Fsp3) is 0.250. The number of rotatable bonds is 6. The quantitative estimate of drug-likeness (QED) is 0.365. The summed E-state index contributed by atoms with van der Waals surface area (Å²) in [5.41, 5.74) is 1.30. The number of aliphatic hydroxyl groups excluding tert-OH is 1. The van der Waals surface area contributed by atoms with Crippen LogP contribution in [0.2, 0.25) is 5.02 Å². The van der Waals surface area contributed by atoms with E-state index in [1.165, 1.54) is 30.6 Å². The van der Waals surface area contributed by atoms with E-state index in [-0.39, 0.29) is 40.7 Å². The first-order valence-electron chi connectivity index (χ1n) is 10.4. The van der Waals surface area contributed by atoms with Crippen LogP contribution in [0.4, 0.5) is 14.5 Å². The molecule has 0 atom stereocenters. The molecule has 4 aromatic rings. The van der Waals surface area contributed by atoms with Crippen LogP contribution in [0.25, 0.3) is 22.3 Å². The maximum absolute atomic E-state index is 15.0. The monoisotopic (exact) mass is 485 g/mol. The highest BCUT2D eigenvalue weighted by Gasteiger charge is 2.21. The zero-order valence-electron chi connectivity index (χ0n) is 18.7. The summed E-state index contributed by atoms with van der Waals surface area (Å²) in [7, 11) is 0. The number of aromatic nitrogens is 4. The van der Waals surface area contributed by atoms with E-state index in [1.54, 1.807) is 26.8 Å². The van der Waals surface area contributed by atoms with Crippen LogP contribution in [0, 0.1) is 18.6 Å². The normalized spacial score (nSPS) is 11.8. The lowest BCUT2D eigenvalue weighted by Gasteiger charge is -2.16. The molecule has 34 heavy (non-hydrogen) atoms. The summed E-state index contributed by atoms with van der Waals surface area (Å²) in [4.78, 5) is 17.0. The molecule has 0 bridgehead atoms. The largest absolute Gasteiger partial charge is 0.392 e. The Morgan fingerprint density at radius 2 is 1.76 bits per heavy atom. The summed E-state index contributed by atoms with van der Waals surface area (Å²) in [6.07, 6.45) is 2.76. The van der Waals surface area contributed by atoms with Gasteiger partial charge in [0.25, 0.3) is 0 Å². The Labute approximate surface area is 199 Å². The minimum atomic E-state index is -1.25. The number of pyridine rings is 2. The summed E-state index contributed by atoms with van der Waals surface area (Å²) in [6.45, 7) is 4.60. The highest BCUT2D eigenvalue weighted by Crippen LogP contribution is 2.34. The van der Waals surface area contributed by atoms with Crippen LogP contribution in [0.3, 0.4) is 0 Å². The highest BCUT2D eigenvalue weighted by atomic mass is 35.5. The molecule has 3 heterocycles. The van der Waals surface area contributed by atoms with E-state index < -0.39 is 17.2 Å². The molecule has 3 aromatic heterocycles. The van der Waals surface area contributed by atoms with Gasteiger partial charge >= 0.3 is 0 Å². The second kappa shape index (κ2) is 9.17. The van der Waals surface area contributed by atoms with Gasteiger partial charge in [-0.15, -0.1) is 0 Å². The number of fused-ring (bicyclic) bond motifs is 1. The summed E-state index contributed by atoms with van der Waals surface area (Å²) < 4.78 is 29.3. The Balaban J connectivity index is 1.78. The van der Waals surface area contributed by atoms with Gasteiger partial charge in [0, 0.05) is 36.1 Å². The first-order chi connectivity index (χ1) is 16.1. The Morgan fingerprint density at radius 3 is 2.41 bits per heavy atom. The van der Waals surface area contributed by atoms with Crippen LogP contribution in [-0.4, -0.2) is 30.1 Å². The fourth-order valence-corrected chi connectivity index (χ4v) is 3.64. The fourth-order valence-electron chi connectivity index (χ4n) is 3.44. The maximum atomic E-state index is 15.0. The van der Waals surface area contributed by atoms with Crippen molar-refractivity contribution in [2.75, 3.05) is 5.32 Å². The van der Waals surface area contributed by atoms with Crippen LogP contribution < -0.4 is 5.32 Å². The molecule has 0 amide bonds. The number of nitrogens with zero attached hydrogens (tertiary/aromatic N) is 4. The van der Waals surface area contributed by atoms with Gasteiger partial charge in [0.2, 0.25) is 0 Å². The molecular weight excluding hydrogens is 464 g/mol. The smallest absolute Gasteiger partial charge is 0.159 e. The topological polar surface area (TPSA) is 104 Å². The average molecular weight is 486 g/mol. The number of aryl methyl sites for hydroxylation is 1. The van der Waals surface area contributed by atoms with Gasteiger partial charge in [-0.1, -0.05) is 17.7 Å². The molecule has 3 N–H and O–H groups in total. The van der Waals surface area contributed by atoms with E-state index in [2.05, 4.69) is 25.3 Å². The molecule has 0 saturated heterocycles. The molecule has 0 aliphatic heterocycles. The summed E-state index contributed by atoms with van der Waals surface area (Å²) >= 11 is 6.50. The molecule has 0 unspecified atom stereocenters. The molecule has 176 valence electrons. The molecule has 0 aliphatic carbocycles. The van der Waals surface area contributed by atoms with Gasteiger partial charge < -0.3 is 15.5 Å². The van der Waals surface area contributed by atoms with Gasteiger partial charge in [-0.3, -0.25) is 0 Å². The second-order valence-corrected chi connectivity index (χ2v) is 8.74. The average Bonchev–Trinajstić information content (AvgIpc) is 2.80. The van der Waals surface area contributed by atoms with Crippen molar-refractivity contribution in [3.63, 3.8) is 0 Å². The Bertz CT molecular complexity index is 1380. The molecule has 10 heteroatoms. The highest BCUT2D eigenvalue weighted by molar-refractivity contribution is 6.35. The first kappa shape index (κ1) is 23.9. The Morgan fingerprint density at radius 1 is 1.06 bits per heavy atom. The van der Waals surface area contributed by atoms with Crippen LogP contribution in [0.1, 0.15) is 36.5 Å². The van der Waals surface area contributed by atoms with Gasteiger partial charge in [0.05, 0.1) is 28.5 Å². The number of hydrogen-bond acceptors (Lipinski definition) is 7. The Hall–Kier alpha value is -3.27. The van der Waals surface area contributed by atoms with Crippen molar-refractivity contribution in [3.05, 3.63) is 76.0 Å². The Kier molecular flexibility index (Phi) is 6.44. The third-order valence-electron chi connectivity index (χ3n) is 5.24. The predicted octanol–water partition coefficient (Wildman–Crippen LogP) is 4.66. The van der Waals surface area contributed by atoms with Gasteiger partial charge in [-0.05, 0) is 38.5 Å². The van der Waals surface area contributed by atoms with Crippen molar-refractivity contribution < 1.29 is 19.0 Å². The van der Waals surface area contributed by atoms with E-state index in [0.29, 0.717) is 28.1 Å². The number of halogens is 3. The molecular formula is C24H22ClF2N5O2. The van der Waals surface area contributed by atoms with Crippen molar-refractivity contribution in [3.8, 4) is 11.3 Å². The molecule has 0 spiro atoms. The zero-order chi connectivity index (χ0) is 24.6. The van der Waals surface area contributed by atoms with Gasteiger partial charge in [0.1, 0.15) is 22.6 Å². The number of nitrogens with one attached hydrogen (secondary N) is 1. The molecule has 1 aromatic carbocycles. The lowest BCUT2D eigenvalue weighted by Crippen LogP contribution is -2.19. The third kappa shape index (κ3) is 4.68. The lowest BCUT2D eigenvalue weighted by molar-refractivity contribution is 0.0687. The lowest BCUT2D eigenvalue weighted by atomic mass is 10.1. The second-order valence-electron chi connectivity index (χ2n) is 8.36. The molecule has 7 nitrogen and oxygen atoms in total.